The van der Waals surface area contributed by atoms with Crippen molar-refractivity contribution in [1.29, 1.82) is 0 Å². The fourth-order valence-electron chi connectivity index (χ4n) is 3.36. The summed E-state index contributed by atoms with van der Waals surface area (Å²) in [4.78, 5) is 2.24. The largest absolute Gasteiger partial charge is 0.496 e. The Morgan fingerprint density at radius 2 is 2.05 bits per heavy atom. The zero-order valence-corrected chi connectivity index (χ0v) is 12.7. The van der Waals surface area contributed by atoms with Crippen molar-refractivity contribution in [3.63, 3.8) is 0 Å². The van der Waals surface area contributed by atoms with Gasteiger partial charge in [0, 0.05) is 37.4 Å². The Hall–Kier alpha value is -1.30. The Morgan fingerprint density at radius 1 is 1.29 bits per heavy atom. The van der Waals surface area contributed by atoms with Crippen molar-refractivity contribution in [1.82, 2.24) is 4.90 Å². The maximum absolute atomic E-state index is 10.5. The van der Waals surface area contributed by atoms with Gasteiger partial charge < -0.3 is 19.3 Å². The van der Waals surface area contributed by atoms with E-state index in [0.717, 1.165) is 55.2 Å². The van der Waals surface area contributed by atoms with Gasteiger partial charge in [-0.05, 0) is 25.0 Å². The van der Waals surface area contributed by atoms with Gasteiger partial charge in [0.25, 0.3) is 0 Å². The number of fused-ring (bicyclic) bond motifs is 1. The summed E-state index contributed by atoms with van der Waals surface area (Å²) in [5.41, 5.74) is 1.88. The number of benzene rings is 1. The summed E-state index contributed by atoms with van der Waals surface area (Å²) >= 11 is 0. The molecule has 3 rings (SSSR count). The van der Waals surface area contributed by atoms with Crippen LogP contribution >= 0.6 is 0 Å². The first kappa shape index (κ1) is 14.6. The molecule has 0 saturated carbocycles. The molecule has 1 aromatic rings. The molecule has 5 heteroatoms. The Bertz CT molecular complexity index is 499. The third-order valence-electron chi connectivity index (χ3n) is 4.35. The summed E-state index contributed by atoms with van der Waals surface area (Å²) in [6, 6.07) is 3.76. The number of ether oxygens (including phenoxy) is 3. The number of hydrogen-bond donors (Lipinski definition) is 1. The van der Waals surface area contributed by atoms with Crippen molar-refractivity contribution < 1.29 is 19.3 Å². The molecule has 2 aliphatic heterocycles. The number of hydrogen-bond acceptors (Lipinski definition) is 5. The monoisotopic (exact) mass is 293 g/mol. The van der Waals surface area contributed by atoms with Crippen LogP contribution in [0.4, 0.5) is 0 Å². The van der Waals surface area contributed by atoms with E-state index in [1.807, 2.05) is 12.1 Å². The third kappa shape index (κ3) is 2.86. The first-order valence-electron chi connectivity index (χ1n) is 7.48. The number of β-amino-alcohol motifs (C(OH)–C–C–N with tert-alkyl or cyclic N) is 1. The average molecular weight is 293 g/mol. The molecule has 1 saturated heterocycles. The number of rotatable bonds is 4. The SMILES string of the molecule is COc1ccc(OC)c2c1CN(C[C@@H]1CCCO1)C[C@H]2O. The van der Waals surface area contributed by atoms with Gasteiger partial charge in [-0.25, -0.2) is 0 Å². The molecule has 1 fully saturated rings. The third-order valence-corrected chi connectivity index (χ3v) is 4.35. The van der Waals surface area contributed by atoms with Gasteiger partial charge in [0.2, 0.25) is 0 Å². The maximum Gasteiger partial charge on any atom is 0.125 e. The zero-order valence-electron chi connectivity index (χ0n) is 12.7. The topological polar surface area (TPSA) is 51.2 Å². The molecule has 2 atom stereocenters. The first-order valence-corrected chi connectivity index (χ1v) is 7.48. The molecule has 0 amide bonds. The average Bonchev–Trinajstić information content (AvgIpc) is 2.99. The number of methoxy groups -OCH3 is 2. The Morgan fingerprint density at radius 3 is 2.71 bits per heavy atom. The zero-order chi connectivity index (χ0) is 14.8. The smallest absolute Gasteiger partial charge is 0.125 e. The van der Waals surface area contributed by atoms with Crippen molar-refractivity contribution >= 4 is 0 Å². The molecule has 0 spiro atoms. The van der Waals surface area contributed by atoms with E-state index in [-0.39, 0.29) is 6.10 Å². The Labute approximate surface area is 125 Å². The molecule has 0 radical (unpaired) electrons. The molecule has 1 N–H and O–H groups in total. The van der Waals surface area contributed by atoms with Gasteiger partial charge in [-0.3, -0.25) is 4.90 Å². The van der Waals surface area contributed by atoms with E-state index < -0.39 is 6.10 Å². The predicted octanol–water partition coefficient (Wildman–Crippen LogP) is 1.73. The molecule has 0 aliphatic carbocycles. The standard InChI is InChI=1S/C16H23NO4/c1-19-14-5-6-15(20-2)16-12(14)9-17(10-13(16)18)8-11-4-3-7-21-11/h5-6,11,13,18H,3-4,7-10H2,1-2H3/t11-,13+/m0/s1. The van der Waals surface area contributed by atoms with Crippen molar-refractivity contribution in [3.05, 3.63) is 23.3 Å². The van der Waals surface area contributed by atoms with E-state index in [9.17, 15) is 5.11 Å². The van der Waals surface area contributed by atoms with Crippen LogP contribution in [0.3, 0.4) is 0 Å². The van der Waals surface area contributed by atoms with E-state index >= 15 is 0 Å². The van der Waals surface area contributed by atoms with E-state index in [4.69, 9.17) is 14.2 Å². The molecule has 2 heterocycles. The van der Waals surface area contributed by atoms with Gasteiger partial charge >= 0.3 is 0 Å². The lowest BCUT2D eigenvalue weighted by Crippen LogP contribution is -2.38. The number of aliphatic hydroxyl groups excluding tert-OH is 1. The number of aliphatic hydroxyl groups is 1. The predicted molar refractivity (Wildman–Crippen MR) is 78.8 cm³/mol. The van der Waals surface area contributed by atoms with Gasteiger partial charge in [-0.1, -0.05) is 0 Å². The lowest BCUT2D eigenvalue weighted by Gasteiger charge is -2.35. The molecule has 21 heavy (non-hydrogen) atoms. The lowest BCUT2D eigenvalue weighted by atomic mass is 9.95. The molecule has 0 bridgehead atoms. The first-order chi connectivity index (χ1) is 10.2. The van der Waals surface area contributed by atoms with E-state index in [0.29, 0.717) is 6.54 Å². The minimum Gasteiger partial charge on any atom is -0.496 e. The number of nitrogens with zero attached hydrogens (tertiary/aromatic N) is 1. The normalized spacial score (nSPS) is 25.7. The van der Waals surface area contributed by atoms with Crippen LogP contribution in [0, 0.1) is 0 Å². The highest BCUT2D eigenvalue weighted by Crippen LogP contribution is 2.39. The van der Waals surface area contributed by atoms with Crippen molar-refractivity contribution in [3.8, 4) is 11.5 Å². The summed E-state index contributed by atoms with van der Waals surface area (Å²) in [6.45, 7) is 3.08. The summed E-state index contributed by atoms with van der Waals surface area (Å²) < 4.78 is 16.5. The van der Waals surface area contributed by atoms with E-state index in [2.05, 4.69) is 4.90 Å². The Balaban J connectivity index is 1.85. The molecule has 1 aromatic carbocycles. The van der Waals surface area contributed by atoms with Crippen LogP contribution in [0.2, 0.25) is 0 Å². The lowest BCUT2D eigenvalue weighted by molar-refractivity contribution is 0.0360. The maximum atomic E-state index is 10.5. The van der Waals surface area contributed by atoms with Gasteiger partial charge in [0.1, 0.15) is 11.5 Å². The minimum absolute atomic E-state index is 0.287. The highest BCUT2D eigenvalue weighted by molar-refractivity contribution is 5.51. The second-order valence-corrected chi connectivity index (χ2v) is 5.71. The molecule has 2 aliphatic rings. The van der Waals surface area contributed by atoms with Crippen molar-refractivity contribution in [2.75, 3.05) is 33.9 Å². The van der Waals surface area contributed by atoms with Crippen molar-refractivity contribution in [2.24, 2.45) is 0 Å². The van der Waals surface area contributed by atoms with Gasteiger partial charge in [-0.2, -0.15) is 0 Å². The van der Waals surface area contributed by atoms with Crippen molar-refractivity contribution in [2.45, 2.75) is 31.6 Å². The molecule has 0 aromatic heterocycles. The molecule has 0 unspecified atom stereocenters. The molecule has 116 valence electrons. The highest BCUT2D eigenvalue weighted by Gasteiger charge is 2.31. The Kier molecular flexibility index (Phi) is 4.33. The second-order valence-electron chi connectivity index (χ2n) is 5.71. The van der Waals surface area contributed by atoms with Crippen LogP contribution in [0.25, 0.3) is 0 Å². The highest BCUT2D eigenvalue weighted by atomic mass is 16.5. The van der Waals surface area contributed by atoms with Gasteiger partial charge in [-0.15, -0.1) is 0 Å². The van der Waals surface area contributed by atoms with Gasteiger partial charge in [0.15, 0.2) is 0 Å². The quantitative estimate of drug-likeness (QED) is 0.916. The van der Waals surface area contributed by atoms with E-state index in [1.165, 1.54) is 0 Å². The summed E-state index contributed by atoms with van der Waals surface area (Å²) in [6.07, 6.45) is 1.97. The van der Waals surface area contributed by atoms with E-state index in [1.54, 1.807) is 14.2 Å². The van der Waals surface area contributed by atoms with Crippen LogP contribution in [0.15, 0.2) is 12.1 Å². The van der Waals surface area contributed by atoms with Crippen LogP contribution in [-0.4, -0.2) is 50.0 Å². The van der Waals surface area contributed by atoms with Crippen LogP contribution in [-0.2, 0) is 11.3 Å². The molecular weight excluding hydrogens is 270 g/mol. The minimum atomic E-state index is -0.555. The summed E-state index contributed by atoms with van der Waals surface area (Å²) in [5.74, 6) is 1.54. The fourth-order valence-corrected chi connectivity index (χ4v) is 3.36. The molecule has 5 nitrogen and oxygen atoms in total. The summed E-state index contributed by atoms with van der Waals surface area (Å²) in [7, 11) is 3.29. The van der Waals surface area contributed by atoms with Crippen LogP contribution in [0.1, 0.15) is 30.1 Å². The molecular formula is C16H23NO4. The second kappa shape index (κ2) is 6.22. The van der Waals surface area contributed by atoms with Crippen LogP contribution < -0.4 is 9.47 Å². The fraction of sp³-hybridized carbons (Fsp3) is 0.625. The summed E-state index contributed by atoms with van der Waals surface area (Å²) in [5, 5.41) is 10.5. The van der Waals surface area contributed by atoms with Crippen LogP contribution in [0.5, 0.6) is 11.5 Å². The van der Waals surface area contributed by atoms with Gasteiger partial charge in [0.05, 0.1) is 26.4 Å².